The van der Waals surface area contributed by atoms with E-state index in [1.165, 1.54) is 80.6 Å². The molecule has 2 aliphatic heterocycles. The molecule has 0 amide bonds. The minimum Gasteiger partial charge on any atom is -0.372 e. The summed E-state index contributed by atoms with van der Waals surface area (Å²) in [5.41, 5.74) is 4.81. The SMILES string of the molecule is CC(C)CCCC(C)CCC#CC1=C2Sc3ccccc3NC2C(C#CCCC(C)CCCC(C)C)=C2Sc3ccccc3NC12. The quantitative estimate of drug-likeness (QED) is 0.223. The van der Waals surface area contributed by atoms with Crippen molar-refractivity contribution in [2.45, 2.75) is 128 Å². The molecule has 4 heteroatoms. The number of nitrogens with one attached hydrogen (secondary N) is 2. The molecule has 5 rings (SSSR count). The van der Waals surface area contributed by atoms with Crippen LogP contribution in [-0.4, -0.2) is 12.1 Å². The van der Waals surface area contributed by atoms with Gasteiger partial charge in [-0.2, -0.15) is 0 Å². The van der Waals surface area contributed by atoms with Crippen molar-refractivity contribution >= 4 is 34.9 Å². The highest BCUT2D eigenvalue weighted by Gasteiger charge is 2.41. The van der Waals surface area contributed by atoms with E-state index in [2.05, 4.69) is 124 Å². The van der Waals surface area contributed by atoms with Gasteiger partial charge in [-0.3, -0.25) is 0 Å². The molecular formula is C42H54N2S2. The summed E-state index contributed by atoms with van der Waals surface area (Å²) < 4.78 is 0. The molecule has 2 aromatic carbocycles. The molecule has 2 nitrogen and oxygen atoms in total. The predicted molar refractivity (Wildman–Crippen MR) is 203 cm³/mol. The maximum absolute atomic E-state index is 3.92. The van der Waals surface area contributed by atoms with Crippen molar-refractivity contribution in [3.63, 3.8) is 0 Å². The fourth-order valence-corrected chi connectivity index (χ4v) is 8.90. The summed E-state index contributed by atoms with van der Waals surface area (Å²) in [4.78, 5) is 5.15. The van der Waals surface area contributed by atoms with Crippen molar-refractivity contribution < 1.29 is 0 Å². The van der Waals surface area contributed by atoms with E-state index in [1.54, 1.807) is 0 Å². The average Bonchev–Trinajstić information content (AvgIpc) is 3.03. The number of hydrogen-bond acceptors (Lipinski definition) is 4. The molecule has 4 atom stereocenters. The molecule has 0 saturated heterocycles. The van der Waals surface area contributed by atoms with Gasteiger partial charge in [0.2, 0.25) is 0 Å². The third-order valence-corrected chi connectivity index (χ3v) is 11.9. The molecule has 0 aromatic heterocycles. The zero-order valence-electron chi connectivity index (χ0n) is 29.0. The Morgan fingerprint density at radius 3 is 1.39 bits per heavy atom. The molecule has 2 aromatic rings. The zero-order chi connectivity index (χ0) is 32.5. The first-order valence-electron chi connectivity index (χ1n) is 17.8. The van der Waals surface area contributed by atoms with Crippen molar-refractivity contribution in [2.75, 3.05) is 10.6 Å². The van der Waals surface area contributed by atoms with Gasteiger partial charge in [0.05, 0.1) is 12.1 Å². The van der Waals surface area contributed by atoms with Crippen LogP contribution in [0.25, 0.3) is 0 Å². The molecule has 0 saturated carbocycles. The topological polar surface area (TPSA) is 24.1 Å². The number of thioether (sulfide) groups is 2. The Bertz CT molecular complexity index is 1410. The standard InChI is InChI=1S/C42H54N2S2/c1-29(2)17-15-21-31(5)19-7-9-23-33-39-42(46-38-28-14-11-25-35(38)43-39)34(24-10-8-20-32(6)22-16-18-30(3)4)40-41(33)45-37-27-13-12-26-36(37)44-40/h11-14,25-32,39-40,43-44H,7-8,15-22H2,1-6H3. The Hall–Kier alpha value is -2.66. The Morgan fingerprint density at radius 2 is 0.978 bits per heavy atom. The molecule has 0 radical (unpaired) electrons. The summed E-state index contributed by atoms with van der Waals surface area (Å²) in [7, 11) is 0. The summed E-state index contributed by atoms with van der Waals surface area (Å²) in [5.74, 6) is 17.8. The van der Waals surface area contributed by atoms with Crippen LogP contribution in [0.1, 0.15) is 106 Å². The molecule has 3 aliphatic rings. The lowest BCUT2D eigenvalue weighted by Crippen LogP contribution is -2.39. The van der Waals surface area contributed by atoms with Gasteiger partial charge >= 0.3 is 0 Å². The van der Waals surface area contributed by atoms with Crippen LogP contribution in [0.15, 0.2) is 79.3 Å². The van der Waals surface area contributed by atoms with Gasteiger partial charge in [0, 0.05) is 55.0 Å². The van der Waals surface area contributed by atoms with Crippen LogP contribution < -0.4 is 10.6 Å². The lowest BCUT2D eigenvalue weighted by Gasteiger charge is -2.40. The number of hydrogen-bond donors (Lipinski definition) is 2. The summed E-state index contributed by atoms with van der Waals surface area (Å²) in [6, 6.07) is 17.4. The number of para-hydroxylation sites is 2. The molecule has 0 spiro atoms. The fraction of sp³-hybridized carbons (Fsp3) is 0.524. The van der Waals surface area contributed by atoms with Crippen molar-refractivity contribution in [1.82, 2.24) is 0 Å². The van der Waals surface area contributed by atoms with Gasteiger partial charge < -0.3 is 10.6 Å². The monoisotopic (exact) mass is 650 g/mol. The van der Waals surface area contributed by atoms with Crippen LogP contribution in [0, 0.1) is 47.4 Å². The molecule has 0 bridgehead atoms. The van der Waals surface area contributed by atoms with Crippen LogP contribution in [0.5, 0.6) is 0 Å². The molecule has 4 unspecified atom stereocenters. The first-order chi connectivity index (χ1) is 22.3. The highest BCUT2D eigenvalue weighted by atomic mass is 32.2. The molecule has 1 aliphatic carbocycles. The minimum absolute atomic E-state index is 0.0286. The molecule has 2 N–H and O–H groups in total. The summed E-state index contributed by atoms with van der Waals surface area (Å²) in [5, 5.41) is 7.83. The second kappa shape index (κ2) is 16.9. The Labute approximate surface area is 288 Å². The second-order valence-electron chi connectivity index (χ2n) is 14.4. The van der Waals surface area contributed by atoms with Gasteiger partial charge in [0.15, 0.2) is 0 Å². The first kappa shape index (κ1) is 34.7. The second-order valence-corrected chi connectivity index (χ2v) is 16.6. The van der Waals surface area contributed by atoms with Gasteiger partial charge in [-0.15, -0.1) is 0 Å². The molecule has 46 heavy (non-hydrogen) atoms. The van der Waals surface area contributed by atoms with Crippen molar-refractivity contribution in [2.24, 2.45) is 23.7 Å². The average molecular weight is 651 g/mol. The number of anilines is 2. The van der Waals surface area contributed by atoms with Crippen molar-refractivity contribution in [1.29, 1.82) is 0 Å². The van der Waals surface area contributed by atoms with E-state index in [4.69, 9.17) is 0 Å². The third-order valence-electron chi connectivity index (χ3n) is 9.37. The Balaban J connectivity index is 1.42. The summed E-state index contributed by atoms with van der Waals surface area (Å²) >= 11 is 3.77. The number of fused-ring (bicyclic) bond motifs is 4. The maximum Gasteiger partial charge on any atom is 0.0928 e. The Kier molecular flexibility index (Phi) is 12.8. The lowest BCUT2D eigenvalue weighted by molar-refractivity contribution is 0.440. The molecule has 0 fully saturated rings. The largest absolute Gasteiger partial charge is 0.372 e. The minimum atomic E-state index is 0.0286. The van der Waals surface area contributed by atoms with E-state index in [9.17, 15) is 0 Å². The smallest absolute Gasteiger partial charge is 0.0928 e. The van der Waals surface area contributed by atoms with Crippen LogP contribution in [0.4, 0.5) is 11.4 Å². The highest BCUT2D eigenvalue weighted by molar-refractivity contribution is 8.04. The van der Waals surface area contributed by atoms with Gasteiger partial charge in [-0.05, 0) is 60.8 Å². The summed E-state index contributed by atoms with van der Waals surface area (Å²) in [6.45, 7) is 14.1. The summed E-state index contributed by atoms with van der Waals surface area (Å²) in [6.07, 6.45) is 12.1. The lowest BCUT2D eigenvalue weighted by atomic mass is 9.89. The van der Waals surface area contributed by atoms with E-state index in [1.807, 2.05) is 23.5 Å². The first-order valence-corrected chi connectivity index (χ1v) is 19.5. The van der Waals surface area contributed by atoms with E-state index >= 15 is 0 Å². The van der Waals surface area contributed by atoms with Gasteiger partial charge in [0.25, 0.3) is 0 Å². The zero-order valence-corrected chi connectivity index (χ0v) is 30.6. The van der Waals surface area contributed by atoms with E-state index in [-0.39, 0.29) is 12.1 Å². The molecular weight excluding hydrogens is 597 g/mol. The fourth-order valence-electron chi connectivity index (χ4n) is 6.52. The van der Waals surface area contributed by atoms with Crippen LogP contribution in [0.2, 0.25) is 0 Å². The predicted octanol–water partition coefficient (Wildman–Crippen LogP) is 12.2. The van der Waals surface area contributed by atoms with E-state index in [0.29, 0.717) is 11.8 Å². The van der Waals surface area contributed by atoms with E-state index < -0.39 is 0 Å². The van der Waals surface area contributed by atoms with Gasteiger partial charge in [0.1, 0.15) is 0 Å². The van der Waals surface area contributed by atoms with Crippen LogP contribution in [0.3, 0.4) is 0 Å². The maximum atomic E-state index is 3.92. The van der Waals surface area contributed by atoms with Crippen molar-refractivity contribution in [3.8, 4) is 23.7 Å². The van der Waals surface area contributed by atoms with Crippen LogP contribution in [-0.2, 0) is 0 Å². The number of benzene rings is 2. The molecule has 2 heterocycles. The van der Waals surface area contributed by atoms with Crippen molar-refractivity contribution in [3.05, 3.63) is 69.5 Å². The number of rotatable bonds is 12. The van der Waals surface area contributed by atoms with Gasteiger partial charge in [-0.25, -0.2) is 0 Å². The van der Waals surface area contributed by atoms with Crippen LogP contribution >= 0.6 is 23.5 Å². The van der Waals surface area contributed by atoms with Gasteiger partial charge in [-0.1, -0.05) is 152 Å². The van der Waals surface area contributed by atoms with E-state index in [0.717, 1.165) is 37.5 Å². The normalized spacial score (nSPS) is 19.4. The Morgan fingerprint density at radius 1 is 0.565 bits per heavy atom. The highest BCUT2D eigenvalue weighted by Crippen LogP contribution is 2.53. The molecule has 244 valence electrons. The third kappa shape index (κ3) is 9.24.